The van der Waals surface area contributed by atoms with Gasteiger partial charge in [0, 0.05) is 12.0 Å². The number of hydrogen-bond acceptors (Lipinski definition) is 3. The van der Waals surface area contributed by atoms with E-state index in [9.17, 15) is 9.59 Å². The van der Waals surface area contributed by atoms with Crippen molar-refractivity contribution in [2.45, 2.75) is 25.8 Å². The SMILES string of the molecule is CC[C@H](NC(=O)c1ccc2c(c1)CCO2)C(=O)O. The Labute approximate surface area is 105 Å². The van der Waals surface area contributed by atoms with Crippen LogP contribution in [0.1, 0.15) is 29.3 Å². The van der Waals surface area contributed by atoms with Gasteiger partial charge >= 0.3 is 5.97 Å². The molecule has 2 rings (SSSR count). The van der Waals surface area contributed by atoms with Crippen molar-refractivity contribution in [3.05, 3.63) is 29.3 Å². The first-order valence-electron chi connectivity index (χ1n) is 5.91. The summed E-state index contributed by atoms with van der Waals surface area (Å²) in [5.74, 6) is -0.578. The van der Waals surface area contributed by atoms with E-state index in [0.717, 1.165) is 17.7 Å². The van der Waals surface area contributed by atoms with Crippen LogP contribution >= 0.6 is 0 Å². The zero-order valence-electron chi connectivity index (χ0n) is 10.1. The molecule has 5 nitrogen and oxygen atoms in total. The van der Waals surface area contributed by atoms with Crippen molar-refractivity contribution in [1.29, 1.82) is 0 Å². The van der Waals surface area contributed by atoms with E-state index in [1.807, 2.05) is 0 Å². The summed E-state index contributed by atoms with van der Waals surface area (Å²) in [7, 11) is 0. The molecule has 1 aliphatic rings. The third-order valence-corrected chi connectivity index (χ3v) is 2.96. The number of benzene rings is 1. The molecule has 1 aromatic rings. The van der Waals surface area contributed by atoms with Crippen LogP contribution in [0.25, 0.3) is 0 Å². The molecule has 0 spiro atoms. The maximum atomic E-state index is 11.9. The van der Waals surface area contributed by atoms with Crippen LogP contribution in [0.4, 0.5) is 0 Å². The van der Waals surface area contributed by atoms with Gasteiger partial charge in [-0.05, 0) is 30.2 Å². The minimum absolute atomic E-state index is 0.356. The standard InChI is InChI=1S/C13H15NO4/c1-2-10(13(16)17)14-12(15)9-3-4-11-8(7-9)5-6-18-11/h3-4,7,10H,2,5-6H2,1H3,(H,14,15)(H,16,17)/t10-/m0/s1. The topological polar surface area (TPSA) is 75.6 Å². The number of ether oxygens (including phenoxy) is 1. The largest absolute Gasteiger partial charge is 0.493 e. The number of carbonyl (C=O) groups is 2. The van der Waals surface area contributed by atoms with Gasteiger partial charge in [-0.25, -0.2) is 4.79 Å². The van der Waals surface area contributed by atoms with Crippen LogP contribution < -0.4 is 10.1 Å². The van der Waals surface area contributed by atoms with Gasteiger partial charge in [0.1, 0.15) is 11.8 Å². The number of carbonyl (C=O) groups excluding carboxylic acids is 1. The van der Waals surface area contributed by atoms with Gasteiger partial charge in [0.15, 0.2) is 0 Å². The summed E-state index contributed by atoms with van der Waals surface area (Å²) in [6, 6.07) is 4.31. The Morgan fingerprint density at radius 2 is 2.28 bits per heavy atom. The summed E-state index contributed by atoms with van der Waals surface area (Å²) in [4.78, 5) is 22.8. The minimum Gasteiger partial charge on any atom is -0.493 e. The highest BCUT2D eigenvalue weighted by molar-refractivity contribution is 5.96. The van der Waals surface area contributed by atoms with E-state index < -0.39 is 12.0 Å². The Balaban J connectivity index is 2.12. The fourth-order valence-corrected chi connectivity index (χ4v) is 1.91. The number of rotatable bonds is 4. The molecular formula is C13H15NO4. The summed E-state index contributed by atoms with van der Waals surface area (Å²) in [6.45, 7) is 2.35. The Morgan fingerprint density at radius 1 is 1.50 bits per heavy atom. The fourth-order valence-electron chi connectivity index (χ4n) is 1.91. The van der Waals surface area contributed by atoms with Crippen LogP contribution in [0.2, 0.25) is 0 Å². The molecule has 2 N–H and O–H groups in total. The fraction of sp³-hybridized carbons (Fsp3) is 0.385. The minimum atomic E-state index is -1.02. The lowest BCUT2D eigenvalue weighted by molar-refractivity contribution is -0.139. The Hall–Kier alpha value is -2.04. The first-order valence-corrected chi connectivity index (χ1v) is 5.91. The second-order valence-electron chi connectivity index (χ2n) is 4.19. The quantitative estimate of drug-likeness (QED) is 0.841. The number of nitrogens with one attached hydrogen (secondary N) is 1. The van der Waals surface area contributed by atoms with Gasteiger partial charge in [0.05, 0.1) is 6.61 Å². The van der Waals surface area contributed by atoms with Crippen molar-refractivity contribution in [2.24, 2.45) is 0 Å². The molecule has 96 valence electrons. The average Bonchev–Trinajstić information content (AvgIpc) is 2.82. The second kappa shape index (κ2) is 5.08. The summed E-state index contributed by atoms with van der Waals surface area (Å²) in [5, 5.41) is 11.4. The van der Waals surface area contributed by atoms with Crippen LogP contribution in [-0.2, 0) is 11.2 Å². The highest BCUT2D eigenvalue weighted by Crippen LogP contribution is 2.25. The van der Waals surface area contributed by atoms with E-state index in [1.54, 1.807) is 25.1 Å². The highest BCUT2D eigenvalue weighted by atomic mass is 16.5. The Kier molecular flexibility index (Phi) is 3.50. The van der Waals surface area contributed by atoms with E-state index >= 15 is 0 Å². The number of hydrogen-bond donors (Lipinski definition) is 2. The van der Waals surface area contributed by atoms with E-state index in [-0.39, 0.29) is 5.91 Å². The molecule has 1 aliphatic heterocycles. The Bertz CT molecular complexity index is 484. The van der Waals surface area contributed by atoms with Gasteiger partial charge in [0.25, 0.3) is 5.91 Å². The van der Waals surface area contributed by atoms with E-state index in [4.69, 9.17) is 9.84 Å². The third kappa shape index (κ3) is 2.45. The molecule has 0 saturated heterocycles. The van der Waals surface area contributed by atoms with Crippen LogP contribution in [0.15, 0.2) is 18.2 Å². The maximum absolute atomic E-state index is 11.9. The van der Waals surface area contributed by atoms with Gasteiger partial charge in [-0.15, -0.1) is 0 Å². The van der Waals surface area contributed by atoms with Crippen molar-refractivity contribution in [3.8, 4) is 5.75 Å². The van der Waals surface area contributed by atoms with Crippen molar-refractivity contribution in [2.75, 3.05) is 6.61 Å². The van der Waals surface area contributed by atoms with Crippen LogP contribution in [0.5, 0.6) is 5.75 Å². The number of aliphatic carboxylic acids is 1. The molecule has 1 atom stereocenters. The number of carboxylic acids is 1. The molecule has 0 fully saturated rings. The first-order chi connectivity index (χ1) is 8.61. The van der Waals surface area contributed by atoms with Crippen molar-refractivity contribution >= 4 is 11.9 Å². The molecular weight excluding hydrogens is 234 g/mol. The summed E-state index contributed by atoms with van der Waals surface area (Å²) >= 11 is 0. The van der Waals surface area contributed by atoms with Gasteiger partial charge in [-0.1, -0.05) is 6.92 Å². The average molecular weight is 249 g/mol. The van der Waals surface area contributed by atoms with E-state index in [2.05, 4.69) is 5.32 Å². The second-order valence-corrected chi connectivity index (χ2v) is 4.19. The molecule has 0 radical (unpaired) electrons. The van der Waals surface area contributed by atoms with E-state index in [0.29, 0.717) is 18.6 Å². The monoisotopic (exact) mass is 249 g/mol. The van der Waals surface area contributed by atoms with Gasteiger partial charge in [-0.2, -0.15) is 0 Å². The number of amides is 1. The Morgan fingerprint density at radius 3 is 2.94 bits per heavy atom. The summed E-state index contributed by atoms with van der Waals surface area (Å²) in [5.41, 5.74) is 1.46. The zero-order chi connectivity index (χ0) is 13.1. The number of carboxylic acid groups (broad SMARTS) is 1. The molecule has 0 bridgehead atoms. The first kappa shape index (κ1) is 12.4. The molecule has 0 unspecified atom stereocenters. The lowest BCUT2D eigenvalue weighted by Gasteiger charge is -2.12. The molecule has 1 heterocycles. The van der Waals surface area contributed by atoms with Crippen LogP contribution in [0, 0.1) is 0 Å². The molecule has 0 saturated carbocycles. The summed E-state index contributed by atoms with van der Waals surface area (Å²) in [6.07, 6.45) is 1.14. The molecule has 1 amide bonds. The molecule has 5 heteroatoms. The lowest BCUT2D eigenvalue weighted by atomic mass is 10.1. The zero-order valence-corrected chi connectivity index (χ0v) is 10.1. The predicted molar refractivity (Wildman–Crippen MR) is 64.8 cm³/mol. The van der Waals surface area contributed by atoms with Gasteiger partial charge < -0.3 is 15.2 Å². The summed E-state index contributed by atoms with van der Waals surface area (Å²) < 4.78 is 5.35. The maximum Gasteiger partial charge on any atom is 0.326 e. The highest BCUT2D eigenvalue weighted by Gasteiger charge is 2.20. The predicted octanol–water partition coefficient (Wildman–Crippen LogP) is 1.21. The molecule has 0 aliphatic carbocycles. The molecule has 18 heavy (non-hydrogen) atoms. The van der Waals surface area contributed by atoms with Crippen LogP contribution in [0.3, 0.4) is 0 Å². The normalized spacial score (nSPS) is 14.5. The van der Waals surface area contributed by atoms with Crippen molar-refractivity contribution in [1.82, 2.24) is 5.32 Å². The molecule has 1 aromatic carbocycles. The van der Waals surface area contributed by atoms with E-state index in [1.165, 1.54) is 0 Å². The third-order valence-electron chi connectivity index (χ3n) is 2.96. The lowest BCUT2D eigenvalue weighted by Crippen LogP contribution is -2.40. The van der Waals surface area contributed by atoms with Gasteiger partial charge in [-0.3, -0.25) is 4.79 Å². The number of fused-ring (bicyclic) bond motifs is 1. The smallest absolute Gasteiger partial charge is 0.326 e. The van der Waals surface area contributed by atoms with Crippen molar-refractivity contribution in [3.63, 3.8) is 0 Å². The van der Waals surface area contributed by atoms with Crippen molar-refractivity contribution < 1.29 is 19.4 Å². The molecule has 0 aromatic heterocycles. The van der Waals surface area contributed by atoms with Gasteiger partial charge in [0.2, 0.25) is 0 Å². The van der Waals surface area contributed by atoms with Crippen LogP contribution in [-0.4, -0.2) is 29.6 Å².